The summed E-state index contributed by atoms with van der Waals surface area (Å²) >= 11 is 1.87. The molecule has 1 amide bonds. The number of anilines is 1. The zero-order valence-electron chi connectivity index (χ0n) is 16.0. The molecule has 0 fully saturated rings. The van der Waals surface area contributed by atoms with Crippen molar-refractivity contribution in [3.63, 3.8) is 0 Å². The van der Waals surface area contributed by atoms with Crippen LogP contribution in [0.3, 0.4) is 0 Å². The average molecular weight is 370 g/mol. The van der Waals surface area contributed by atoms with E-state index in [0.29, 0.717) is 12.5 Å². The fourth-order valence-electron chi connectivity index (χ4n) is 3.29. The van der Waals surface area contributed by atoms with Gasteiger partial charge in [0.1, 0.15) is 0 Å². The molecule has 0 radical (unpaired) electrons. The maximum atomic E-state index is 11.9. The van der Waals surface area contributed by atoms with Gasteiger partial charge in [-0.1, -0.05) is 24.9 Å². The lowest BCUT2D eigenvalue weighted by molar-refractivity contribution is -0.118. The number of aromatic nitrogens is 1. The van der Waals surface area contributed by atoms with E-state index >= 15 is 0 Å². The molecule has 2 aromatic rings. The zero-order chi connectivity index (χ0) is 18.7. The lowest BCUT2D eigenvalue weighted by atomic mass is 9.96. The van der Waals surface area contributed by atoms with Crippen LogP contribution in [0.15, 0.2) is 36.7 Å². The van der Waals surface area contributed by atoms with E-state index in [1.54, 1.807) is 4.90 Å². The smallest absolute Gasteiger partial charge is 0.227 e. The highest BCUT2D eigenvalue weighted by Crippen LogP contribution is 2.31. The van der Waals surface area contributed by atoms with Crippen molar-refractivity contribution in [2.45, 2.75) is 46.2 Å². The molecule has 3 rings (SSSR count). The molecular weight excluding hydrogens is 342 g/mol. The van der Waals surface area contributed by atoms with Crippen LogP contribution >= 0.6 is 11.9 Å². The third-order valence-electron chi connectivity index (χ3n) is 4.76. The molecule has 1 aliphatic heterocycles. The Labute approximate surface area is 160 Å². The highest BCUT2D eigenvalue weighted by Gasteiger charge is 2.21. The summed E-state index contributed by atoms with van der Waals surface area (Å²) in [5.41, 5.74) is 5.79. The fourth-order valence-corrected chi connectivity index (χ4v) is 4.16. The number of carbonyl (C=O) groups excluding carboxylic acids is 1. The van der Waals surface area contributed by atoms with Gasteiger partial charge in [-0.3, -0.25) is 9.78 Å². The summed E-state index contributed by atoms with van der Waals surface area (Å²) in [4.78, 5) is 18.1. The van der Waals surface area contributed by atoms with E-state index in [1.165, 1.54) is 16.7 Å². The number of amides is 1. The van der Waals surface area contributed by atoms with E-state index in [0.717, 1.165) is 30.0 Å². The van der Waals surface area contributed by atoms with Crippen LogP contribution in [0.1, 0.15) is 38.3 Å². The highest BCUT2D eigenvalue weighted by atomic mass is 32.2. The third kappa shape index (κ3) is 4.10. The van der Waals surface area contributed by atoms with Crippen molar-refractivity contribution in [2.75, 3.05) is 17.7 Å². The predicted octanol–water partition coefficient (Wildman–Crippen LogP) is 4.54. The normalized spacial score (nSPS) is 14.2. The molecule has 0 spiro atoms. The minimum Gasteiger partial charge on any atom is -0.315 e. The first kappa shape index (κ1) is 18.9. The molecule has 0 aliphatic carbocycles. The number of pyridine rings is 1. The number of hydrogen-bond acceptors (Lipinski definition) is 4. The second-order valence-electron chi connectivity index (χ2n) is 6.96. The average Bonchev–Trinajstić information content (AvgIpc) is 2.64. The molecule has 2 heterocycles. The van der Waals surface area contributed by atoms with Gasteiger partial charge in [0.2, 0.25) is 5.91 Å². The third-order valence-corrected chi connectivity index (χ3v) is 5.90. The maximum absolute atomic E-state index is 11.9. The molecule has 0 atom stereocenters. The van der Waals surface area contributed by atoms with Crippen LogP contribution in [0.4, 0.5) is 5.69 Å². The van der Waals surface area contributed by atoms with Gasteiger partial charge in [-0.15, -0.1) is 0 Å². The van der Waals surface area contributed by atoms with Gasteiger partial charge < -0.3 is 4.90 Å². The molecular formula is C21H27N3OS. The Bertz CT molecular complexity index is 791. The molecule has 0 saturated heterocycles. The summed E-state index contributed by atoms with van der Waals surface area (Å²) in [6, 6.07) is 9.08. The molecule has 0 N–H and O–H groups in total. The minimum absolute atomic E-state index is 0.191. The first-order valence-corrected chi connectivity index (χ1v) is 10.2. The van der Waals surface area contributed by atoms with E-state index in [4.69, 9.17) is 0 Å². The second-order valence-corrected chi connectivity index (χ2v) is 8.27. The fraction of sp³-hybridized carbons (Fsp3) is 0.429. The van der Waals surface area contributed by atoms with E-state index in [-0.39, 0.29) is 5.91 Å². The highest BCUT2D eigenvalue weighted by molar-refractivity contribution is 7.96. The van der Waals surface area contributed by atoms with Crippen LogP contribution in [0, 0.1) is 0 Å². The Kier molecular flexibility index (Phi) is 5.99. The molecule has 1 aromatic heterocycles. The van der Waals surface area contributed by atoms with E-state index in [2.05, 4.69) is 54.3 Å². The largest absolute Gasteiger partial charge is 0.315 e. The summed E-state index contributed by atoms with van der Waals surface area (Å²) in [5, 5.41) is 0. The van der Waals surface area contributed by atoms with Gasteiger partial charge in [-0.25, -0.2) is 4.31 Å². The molecule has 0 saturated carbocycles. The van der Waals surface area contributed by atoms with E-state index in [9.17, 15) is 4.79 Å². The number of rotatable bonds is 6. The van der Waals surface area contributed by atoms with Crippen molar-refractivity contribution >= 4 is 23.5 Å². The quantitative estimate of drug-likeness (QED) is 0.701. The van der Waals surface area contributed by atoms with Crippen molar-refractivity contribution in [2.24, 2.45) is 0 Å². The minimum atomic E-state index is 0.191. The lowest BCUT2D eigenvalue weighted by Gasteiger charge is -2.26. The SMILES string of the molecule is CCSN(Cc1cncc(-c2ccc3c(c2)CCC(=O)N3C)c1)C(C)C. The van der Waals surface area contributed by atoms with Crippen LogP contribution < -0.4 is 4.90 Å². The number of fused-ring (bicyclic) bond motifs is 1. The Balaban J connectivity index is 1.85. The van der Waals surface area contributed by atoms with Crippen molar-refractivity contribution in [1.29, 1.82) is 0 Å². The molecule has 5 heteroatoms. The van der Waals surface area contributed by atoms with Crippen molar-refractivity contribution in [3.05, 3.63) is 47.8 Å². The molecule has 0 bridgehead atoms. The molecule has 1 aromatic carbocycles. The summed E-state index contributed by atoms with van der Waals surface area (Å²) in [6.07, 6.45) is 5.28. The number of hydrogen-bond donors (Lipinski definition) is 0. The molecule has 138 valence electrons. The molecule has 0 unspecified atom stereocenters. The Morgan fingerprint density at radius 1 is 1.19 bits per heavy atom. The van der Waals surface area contributed by atoms with E-state index in [1.807, 2.05) is 31.4 Å². The molecule has 26 heavy (non-hydrogen) atoms. The van der Waals surface area contributed by atoms with Gasteiger partial charge >= 0.3 is 0 Å². The topological polar surface area (TPSA) is 36.4 Å². The summed E-state index contributed by atoms with van der Waals surface area (Å²) in [5.74, 6) is 1.26. The molecule has 1 aliphatic rings. The second kappa shape index (κ2) is 8.23. The number of carbonyl (C=O) groups is 1. The maximum Gasteiger partial charge on any atom is 0.227 e. The summed E-state index contributed by atoms with van der Waals surface area (Å²) in [6.45, 7) is 7.52. The van der Waals surface area contributed by atoms with Crippen molar-refractivity contribution in [1.82, 2.24) is 9.29 Å². The monoisotopic (exact) mass is 369 g/mol. The van der Waals surface area contributed by atoms with Crippen LogP contribution in [-0.2, 0) is 17.8 Å². The van der Waals surface area contributed by atoms with Crippen LogP contribution in [-0.4, -0.2) is 34.0 Å². The van der Waals surface area contributed by atoms with Gasteiger partial charge in [0, 0.05) is 55.5 Å². The van der Waals surface area contributed by atoms with Crippen LogP contribution in [0.25, 0.3) is 11.1 Å². The Hall–Kier alpha value is -1.85. The first-order chi connectivity index (χ1) is 12.5. The summed E-state index contributed by atoms with van der Waals surface area (Å²) < 4.78 is 2.40. The van der Waals surface area contributed by atoms with Crippen LogP contribution in [0.2, 0.25) is 0 Å². The predicted molar refractivity (Wildman–Crippen MR) is 110 cm³/mol. The zero-order valence-corrected chi connectivity index (χ0v) is 16.8. The Morgan fingerprint density at radius 2 is 2.00 bits per heavy atom. The molecule has 4 nitrogen and oxygen atoms in total. The van der Waals surface area contributed by atoms with Crippen LogP contribution in [0.5, 0.6) is 0 Å². The van der Waals surface area contributed by atoms with Crippen molar-refractivity contribution in [3.8, 4) is 11.1 Å². The number of benzene rings is 1. The first-order valence-electron chi connectivity index (χ1n) is 9.23. The summed E-state index contributed by atoms with van der Waals surface area (Å²) in [7, 11) is 1.86. The van der Waals surface area contributed by atoms with Gasteiger partial charge in [0.15, 0.2) is 0 Å². The van der Waals surface area contributed by atoms with Gasteiger partial charge in [-0.2, -0.15) is 0 Å². The van der Waals surface area contributed by atoms with Gasteiger partial charge in [0.05, 0.1) is 0 Å². The number of nitrogens with zero attached hydrogens (tertiary/aromatic N) is 3. The van der Waals surface area contributed by atoms with Gasteiger partial charge in [0.25, 0.3) is 0 Å². The van der Waals surface area contributed by atoms with Gasteiger partial charge in [-0.05, 0) is 55.2 Å². The number of aryl methyl sites for hydroxylation is 1. The van der Waals surface area contributed by atoms with E-state index < -0.39 is 0 Å². The lowest BCUT2D eigenvalue weighted by Crippen LogP contribution is -2.30. The standard InChI is InChI=1S/C21H27N3OS/c1-5-26-24(15(2)3)14-16-10-19(13-22-12-16)17-6-8-20-18(11-17)7-9-21(25)23(20)4/h6,8,10-13,15H,5,7,9,14H2,1-4H3. The Morgan fingerprint density at radius 3 is 2.73 bits per heavy atom. The van der Waals surface area contributed by atoms with Crippen molar-refractivity contribution < 1.29 is 4.79 Å².